The van der Waals surface area contributed by atoms with Crippen LogP contribution in [0.2, 0.25) is 5.02 Å². The molecule has 25 heavy (non-hydrogen) atoms. The van der Waals surface area contributed by atoms with Crippen molar-refractivity contribution in [1.82, 2.24) is 15.3 Å². The Hall–Kier alpha value is -1.54. The van der Waals surface area contributed by atoms with Crippen molar-refractivity contribution >= 4 is 23.2 Å². The highest BCUT2D eigenvalue weighted by Gasteiger charge is 2.36. The Morgan fingerprint density at radius 2 is 2.16 bits per heavy atom. The van der Waals surface area contributed by atoms with E-state index >= 15 is 0 Å². The molecule has 136 valence electrons. The minimum atomic E-state index is -0.440. The number of hydroxylamine groups is 2. The number of nitrogens with two attached hydrogens (primary N) is 1. The third-order valence-electron chi connectivity index (χ3n) is 5.72. The second-order valence-corrected chi connectivity index (χ2v) is 7.56. The van der Waals surface area contributed by atoms with Gasteiger partial charge in [0.15, 0.2) is 0 Å². The monoisotopic (exact) mass is 365 g/mol. The van der Waals surface area contributed by atoms with Crippen LogP contribution in [0.15, 0.2) is 6.07 Å². The molecule has 3 fully saturated rings. The number of nitrogen functional groups attached to an aromatic ring is 1. The summed E-state index contributed by atoms with van der Waals surface area (Å²) in [5, 5.41) is 16.0. The molecule has 0 aliphatic carbocycles. The Morgan fingerprint density at radius 1 is 1.44 bits per heavy atom. The van der Waals surface area contributed by atoms with E-state index in [9.17, 15) is 10.0 Å². The van der Waals surface area contributed by atoms with Gasteiger partial charge in [0.05, 0.1) is 10.7 Å². The lowest BCUT2D eigenvalue weighted by molar-refractivity contribution is 0.0613. The van der Waals surface area contributed by atoms with Crippen molar-refractivity contribution in [3.8, 4) is 5.75 Å². The molecule has 2 atom stereocenters. The zero-order valence-electron chi connectivity index (χ0n) is 14.1. The largest absolute Gasteiger partial charge is 0.782 e. The van der Waals surface area contributed by atoms with Crippen molar-refractivity contribution in [1.29, 1.82) is 0 Å². The third kappa shape index (κ3) is 2.85. The van der Waals surface area contributed by atoms with Gasteiger partial charge in [0.25, 0.3) is 5.91 Å². The van der Waals surface area contributed by atoms with Gasteiger partial charge in [0, 0.05) is 24.2 Å². The molecule has 5 rings (SSSR count). The molecule has 2 bridgehead atoms. The molecule has 0 spiro atoms. The number of nitrogens with one attached hydrogen (secondary N) is 1. The molecule has 0 aromatic heterocycles. The summed E-state index contributed by atoms with van der Waals surface area (Å²) in [6.07, 6.45) is 2.21. The maximum Gasteiger partial charge on any atom is 0.257 e. The van der Waals surface area contributed by atoms with Crippen LogP contribution < -0.4 is 15.8 Å². The SMILES string of the molecule is CC1c2cc(Cl)c(N)c(C(=O)NC3CN4CCC3CC4)c2OCN1[O-]. The number of nitrogens with zero attached hydrogens (tertiary/aromatic N) is 2. The number of amides is 1. The highest BCUT2D eigenvalue weighted by Crippen LogP contribution is 2.42. The summed E-state index contributed by atoms with van der Waals surface area (Å²) in [6, 6.07) is 1.29. The number of anilines is 1. The number of ether oxygens (including phenoxy) is 1. The van der Waals surface area contributed by atoms with E-state index in [1.165, 1.54) is 0 Å². The Bertz CT molecular complexity index is 706. The Labute approximate surface area is 151 Å². The fraction of sp³-hybridized carbons (Fsp3) is 0.588. The molecule has 4 aliphatic rings. The van der Waals surface area contributed by atoms with Crippen molar-refractivity contribution in [2.45, 2.75) is 31.8 Å². The number of halogens is 1. The third-order valence-corrected chi connectivity index (χ3v) is 6.03. The van der Waals surface area contributed by atoms with Crippen molar-refractivity contribution < 1.29 is 9.53 Å². The van der Waals surface area contributed by atoms with E-state index in [2.05, 4.69) is 10.2 Å². The number of carbonyl (C=O) groups excluding carboxylic acids is 1. The summed E-state index contributed by atoms with van der Waals surface area (Å²) >= 11 is 6.22. The molecule has 4 aliphatic heterocycles. The lowest BCUT2D eigenvalue weighted by Gasteiger charge is -2.45. The summed E-state index contributed by atoms with van der Waals surface area (Å²) in [5.41, 5.74) is 7.14. The molecular weight excluding hydrogens is 344 g/mol. The van der Waals surface area contributed by atoms with Gasteiger partial charge in [-0.25, -0.2) is 0 Å². The van der Waals surface area contributed by atoms with Gasteiger partial charge in [-0.1, -0.05) is 11.6 Å². The highest BCUT2D eigenvalue weighted by molar-refractivity contribution is 6.34. The average Bonchev–Trinajstić information content (AvgIpc) is 2.61. The Balaban J connectivity index is 1.65. The molecule has 3 saturated heterocycles. The van der Waals surface area contributed by atoms with Crippen LogP contribution in [0.1, 0.15) is 41.7 Å². The van der Waals surface area contributed by atoms with Crippen LogP contribution in [0.3, 0.4) is 0 Å². The van der Waals surface area contributed by atoms with Crippen molar-refractivity contribution in [2.24, 2.45) is 5.92 Å². The molecule has 1 aromatic carbocycles. The van der Waals surface area contributed by atoms with Gasteiger partial charge in [0.2, 0.25) is 0 Å². The first kappa shape index (κ1) is 16.9. The van der Waals surface area contributed by atoms with Crippen LogP contribution in [-0.4, -0.2) is 48.3 Å². The van der Waals surface area contributed by atoms with Gasteiger partial charge in [-0.2, -0.15) is 0 Å². The van der Waals surface area contributed by atoms with Gasteiger partial charge >= 0.3 is 0 Å². The Morgan fingerprint density at radius 3 is 2.80 bits per heavy atom. The van der Waals surface area contributed by atoms with Gasteiger partial charge in [-0.3, -0.25) is 4.79 Å². The van der Waals surface area contributed by atoms with Crippen LogP contribution >= 0.6 is 11.6 Å². The van der Waals surface area contributed by atoms with E-state index < -0.39 is 6.04 Å². The number of piperidine rings is 3. The maximum absolute atomic E-state index is 13.0. The van der Waals surface area contributed by atoms with Gasteiger partial charge < -0.3 is 31.0 Å². The molecule has 7 nitrogen and oxygen atoms in total. The number of fused-ring (bicyclic) bond motifs is 4. The van der Waals surface area contributed by atoms with E-state index in [1.54, 1.807) is 13.0 Å². The average molecular weight is 366 g/mol. The van der Waals surface area contributed by atoms with Crippen molar-refractivity contribution in [2.75, 3.05) is 32.1 Å². The zero-order valence-corrected chi connectivity index (χ0v) is 14.9. The van der Waals surface area contributed by atoms with E-state index in [4.69, 9.17) is 22.1 Å². The first-order chi connectivity index (χ1) is 12.0. The summed E-state index contributed by atoms with van der Waals surface area (Å²) in [6.45, 7) is 4.70. The quantitative estimate of drug-likeness (QED) is 0.778. The van der Waals surface area contributed by atoms with Crippen LogP contribution in [0.25, 0.3) is 0 Å². The fourth-order valence-corrected chi connectivity index (χ4v) is 4.33. The molecule has 1 amide bonds. The van der Waals surface area contributed by atoms with Crippen LogP contribution in [0.5, 0.6) is 5.75 Å². The van der Waals surface area contributed by atoms with Crippen molar-refractivity contribution in [3.05, 3.63) is 27.4 Å². The maximum atomic E-state index is 13.0. The second-order valence-electron chi connectivity index (χ2n) is 7.15. The molecule has 0 radical (unpaired) electrons. The zero-order chi connectivity index (χ0) is 17.7. The van der Waals surface area contributed by atoms with E-state index in [1.807, 2.05) is 0 Å². The number of hydrogen-bond donors (Lipinski definition) is 2. The summed E-state index contributed by atoms with van der Waals surface area (Å²) < 4.78 is 5.55. The first-order valence-corrected chi connectivity index (χ1v) is 9.05. The summed E-state index contributed by atoms with van der Waals surface area (Å²) in [4.78, 5) is 15.4. The first-order valence-electron chi connectivity index (χ1n) is 8.67. The van der Waals surface area contributed by atoms with E-state index in [-0.39, 0.29) is 35.0 Å². The second kappa shape index (κ2) is 6.32. The van der Waals surface area contributed by atoms with E-state index in [0.29, 0.717) is 17.2 Å². The highest BCUT2D eigenvalue weighted by atomic mass is 35.5. The molecule has 4 heterocycles. The molecule has 2 unspecified atom stereocenters. The number of carbonyl (C=O) groups is 1. The predicted molar refractivity (Wildman–Crippen MR) is 95.4 cm³/mol. The normalized spacial score (nSPS) is 31.3. The number of benzene rings is 1. The van der Waals surface area contributed by atoms with Gasteiger partial charge in [-0.15, -0.1) is 0 Å². The topological polar surface area (TPSA) is 93.9 Å². The molecule has 8 heteroatoms. The molecule has 1 aromatic rings. The molecule has 0 saturated carbocycles. The minimum absolute atomic E-state index is 0.112. The lowest BCUT2D eigenvalue weighted by Crippen LogP contribution is -2.57. The lowest BCUT2D eigenvalue weighted by atomic mass is 9.84. The van der Waals surface area contributed by atoms with Crippen molar-refractivity contribution in [3.63, 3.8) is 0 Å². The smallest absolute Gasteiger partial charge is 0.257 e. The van der Waals surface area contributed by atoms with Gasteiger partial charge in [-0.05, 0) is 44.8 Å². The van der Waals surface area contributed by atoms with Crippen LogP contribution in [-0.2, 0) is 0 Å². The fourth-order valence-electron chi connectivity index (χ4n) is 4.12. The Kier molecular flexibility index (Phi) is 4.27. The summed E-state index contributed by atoms with van der Waals surface area (Å²) in [5.74, 6) is 0.601. The minimum Gasteiger partial charge on any atom is -0.782 e. The van der Waals surface area contributed by atoms with Crippen LogP contribution in [0, 0.1) is 11.1 Å². The predicted octanol–water partition coefficient (Wildman–Crippen LogP) is 1.96. The standard InChI is InChI=1S/C17H22ClN4O3/c1-9-11-6-12(18)15(19)14(16(11)25-8-22(9)24)17(23)20-13-7-21-4-2-10(13)3-5-21/h6,9-10,13H,2-5,7-8,19H2,1H3,(H,20,23)/q-1. The van der Waals surface area contributed by atoms with E-state index in [0.717, 1.165) is 37.5 Å². The summed E-state index contributed by atoms with van der Waals surface area (Å²) in [7, 11) is 0. The molecular formula is C17H22ClN4O3-. The number of hydrogen-bond acceptors (Lipinski definition) is 6. The van der Waals surface area contributed by atoms with Gasteiger partial charge in [0.1, 0.15) is 18.0 Å². The number of rotatable bonds is 2. The van der Waals surface area contributed by atoms with Crippen LogP contribution in [0.4, 0.5) is 5.69 Å². The molecule has 3 N–H and O–H groups in total.